The predicted molar refractivity (Wildman–Crippen MR) is 85.4 cm³/mol. The smallest absolute Gasteiger partial charge is 0.233 e. The van der Waals surface area contributed by atoms with Gasteiger partial charge in [0.25, 0.3) is 0 Å². The maximum Gasteiger partial charge on any atom is 0.233 e. The number of hydrogen-bond acceptors (Lipinski definition) is 5. The number of piperidine rings is 1. The molecule has 1 aromatic carbocycles. The molecule has 0 atom stereocenters. The fourth-order valence-electron chi connectivity index (χ4n) is 2.40. The largest absolute Gasteiger partial charge is 0.341 e. The predicted octanol–water partition coefficient (Wildman–Crippen LogP) is 3.57. The molecule has 1 fully saturated rings. The maximum absolute atomic E-state index is 6.03. The second-order valence-electron chi connectivity index (χ2n) is 5.27. The van der Waals surface area contributed by atoms with Gasteiger partial charge in [-0.2, -0.15) is 15.0 Å². The van der Waals surface area contributed by atoms with E-state index in [1.54, 1.807) is 0 Å². The molecule has 2 heterocycles. The van der Waals surface area contributed by atoms with Crippen LogP contribution in [0.4, 0.5) is 17.6 Å². The topological polar surface area (TPSA) is 53.9 Å². The van der Waals surface area contributed by atoms with Crippen LogP contribution in [0.25, 0.3) is 0 Å². The quantitative estimate of drug-likeness (QED) is 0.939. The normalized spacial score (nSPS) is 15.0. The van der Waals surface area contributed by atoms with Crippen molar-refractivity contribution in [1.29, 1.82) is 0 Å². The van der Waals surface area contributed by atoms with E-state index in [2.05, 4.69) is 32.1 Å². The second kappa shape index (κ2) is 6.26. The van der Waals surface area contributed by atoms with Crippen molar-refractivity contribution in [1.82, 2.24) is 15.0 Å². The average Bonchev–Trinajstić information content (AvgIpc) is 2.50. The van der Waals surface area contributed by atoms with Crippen LogP contribution in [-0.2, 0) is 0 Å². The zero-order valence-electron chi connectivity index (χ0n) is 12.0. The Morgan fingerprint density at radius 2 is 1.71 bits per heavy atom. The van der Waals surface area contributed by atoms with E-state index in [-0.39, 0.29) is 5.28 Å². The summed E-state index contributed by atoms with van der Waals surface area (Å²) in [6.07, 6.45) is 3.61. The van der Waals surface area contributed by atoms with Crippen LogP contribution in [-0.4, -0.2) is 28.0 Å². The lowest BCUT2D eigenvalue weighted by atomic mass is 10.1. The lowest BCUT2D eigenvalue weighted by Gasteiger charge is -2.26. The van der Waals surface area contributed by atoms with Gasteiger partial charge in [0.2, 0.25) is 17.2 Å². The molecule has 5 nitrogen and oxygen atoms in total. The van der Waals surface area contributed by atoms with E-state index in [4.69, 9.17) is 11.6 Å². The first-order valence-electron chi connectivity index (χ1n) is 7.21. The maximum atomic E-state index is 6.03. The molecule has 1 N–H and O–H groups in total. The van der Waals surface area contributed by atoms with Crippen molar-refractivity contribution in [2.45, 2.75) is 26.2 Å². The molecule has 21 heavy (non-hydrogen) atoms. The fraction of sp³-hybridized carbons (Fsp3) is 0.400. The fourth-order valence-corrected chi connectivity index (χ4v) is 2.55. The van der Waals surface area contributed by atoms with E-state index >= 15 is 0 Å². The number of nitrogens with one attached hydrogen (secondary N) is 1. The Morgan fingerprint density at radius 1 is 1.00 bits per heavy atom. The van der Waals surface area contributed by atoms with Crippen LogP contribution in [0.2, 0.25) is 5.28 Å². The third kappa shape index (κ3) is 3.61. The summed E-state index contributed by atoms with van der Waals surface area (Å²) < 4.78 is 0. The highest BCUT2D eigenvalue weighted by Crippen LogP contribution is 2.20. The minimum absolute atomic E-state index is 0.222. The monoisotopic (exact) mass is 303 g/mol. The summed E-state index contributed by atoms with van der Waals surface area (Å²) in [4.78, 5) is 15.0. The molecule has 0 bridgehead atoms. The Balaban J connectivity index is 1.81. The van der Waals surface area contributed by atoms with Crippen LogP contribution in [0.15, 0.2) is 24.3 Å². The van der Waals surface area contributed by atoms with Gasteiger partial charge in [-0.3, -0.25) is 0 Å². The number of aromatic nitrogens is 3. The van der Waals surface area contributed by atoms with E-state index in [9.17, 15) is 0 Å². The standard InChI is InChI=1S/C15H18ClN5/c1-11-5-7-12(8-6-11)17-14-18-13(16)19-15(20-14)21-9-3-2-4-10-21/h5-8H,2-4,9-10H2,1H3,(H,17,18,19,20). The van der Waals surface area contributed by atoms with Gasteiger partial charge in [-0.1, -0.05) is 17.7 Å². The number of benzene rings is 1. The molecule has 2 aromatic rings. The first kappa shape index (κ1) is 14.1. The average molecular weight is 304 g/mol. The molecular formula is C15H18ClN5. The van der Waals surface area contributed by atoms with Crippen molar-refractivity contribution in [2.75, 3.05) is 23.3 Å². The molecule has 1 aliphatic heterocycles. The zero-order valence-corrected chi connectivity index (χ0v) is 12.8. The van der Waals surface area contributed by atoms with Gasteiger partial charge in [-0.05, 0) is 49.9 Å². The van der Waals surface area contributed by atoms with E-state index in [0.717, 1.165) is 18.8 Å². The van der Waals surface area contributed by atoms with E-state index in [0.29, 0.717) is 11.9 Å². The SMILES string of the molecule is Cc1ccc(Nc2nc(Cl)nc(N3CCCCC3)n2)cc1. The van der Waals surface area contributed by atoms with Crippen LogP contribution in [0, 0.1) is 6.92 Å². The minimum Gasteiger partial charge on any atom is -0.341 e. The highest BCUT2D eigenvalue weighted by molar-refractivity contribution is 6.28. The molecule has 6 heteroatoms. The number of nitrogens with zero attached hydrogens (tertiary/aromatic N) is 4. The van der Waals surface area contributed by atoms with Crippen LogP contribution in [0.5, 0.6) is 0 Å². The van der Waals surface area contributed by atoms with E-state index in [1.807, 2.05) is 24.3 Å². The summed E-state index contributed by atoms with van der Waals surface area (Å²) in [6, 6.07) is 8.06. The molecule has 1 aliphatic rings. The van der Waals surface area contributed by atoms with Gasteiger partial charge in [0.1, 0.15) is 0 Å². The molecule has 0 amide bonds. The molecule has 0 unspecified atom stereocenters. The first-order chi connectivity index (χ1) is 10.2. The van der Waals surface area contributed by atoms with Gasteiger partial charge >= 0.3 is 0 Å². The molecule has 1 saturated heterocycles. The second-order valence-corrected chi connectivity index (χ2v) is 5.60. The summed E-state index contributed by atoms with van der Waals surface area (Å²) in [5.74, 6) is 1.14. The van der Waals surface area contributed by atoms with Crippen molar-refractivity contribution in [3.63, 3.8) is 0 Å². The Bertz CT molecular complexity index is 608. The highest BCUT2D eigenvalue weighted by Gasteiger charge is 2.15. The van der Waals surface area contributed by atoms with Crippen LogP contribution >= 0.6 is 11.6 Å². The van der Waals surface area contributed by atoms with Gasteiger partial charge in [0.05, 0.1) is 0 Å². The van der Waals surface area contributed by atoms with Crippen molar-refractivity contribution < 1.29 is 0 Å². The van der Waals surface area contributed by atoms with E-state index in [1.165, 1.54) is 24.8 Å². The third-order valence-corrected chi connectivity index (χ3v) is 3.71. The first-order valence-corrected chi connectivity index (χ1v) is 7.59. The molecule has 110 valence electrons. The molecule has 0 radical (unpaired) electrons. The van der Waals surface area contributed by atoms with Crippen LogP contribution < -0.4 is 10.2 Å². The zero-order chi connectivity index (χ0) is 14.7. The lowest BCUT2D eigenvalue weighted by molar-refractivity contribution is 0.567. The summed E-state index contributed by atoms with van der Waals surface area (Å²) in [5, 5.41) is 3.40. The number of anilines is 3. The highest BCUT2D eigenvalue weighted by atomic mass is 35.5. The van der Waals surface area contributed by atoms with Gasteiger partial charge in [0, 0.05) is 18.8 Å². The van der Waals surface area contributed by atoms with E-state index < -0.39 is 0 Å². The Morgan fingerprint density at radius 3 is 2.43 bits per heavy atom. The summed E-state index contributed by atoms with van der Waals surface area (Å²) in [5.41, 5.74) is 2.15. The molecule has 0 saturated carbocycles. The summed E-state index contributed by atoms with van der Waals surface area (Å²) >= 11 is 6.03. The minimum atomic E-state index is 0.222. The Labute approximate surface area is 129 Å². The van der Waals surface area contributed by atoms with Crippen LogP contribution in [0.1, 0.15) is 24.8 Å². The number of aryl methyl sites for hydroxylation is 1. The van der Waals surface area contributed by atoms with Gasteiger partial charge in [-0.25, -0.2) is 0 Å². The number of hydrogen-bond donors (Lipinski definition) is 1. The van der Waals surface area contributed by atoms with Crippen LogP contribution in [0.3, 0.4) is 0 Å². The lowest BCUT2D eigenvalue weighted by Crippen LogP contribution is -2.31. The summed E-state index contributed by atoms with van der Waals surface area (Å²) in [7, 11) is 0. The van der Waals surface area contributed by atoms with Crippen molar-refractivity contribution in [3.05, 3.63) is 35.1 Å². The van der Waals surface area contributed by atoms with Crippen molar-refractivity contribution >= 4 is 29.2 Å². The molecule has 0 spiro atoms. The number of rotatable bonds is 3. The molecule has 3 rings (SSSR count). The van der Waals surface area contributed by atoms with Crippen molar-refractivity contribution in [2.24, 2.45) is 0 Å². The van der Waals surface area contributed by atoms with Crippen molar-refractivity contribution in [3.8, 4) is 0 Å². The molecule has 0 aliphatic carbocycles. The van der Waals surface area contributed by atoms with Gasteiger partial charge in [0.15, 0.2) is 0 Å². The van der Waals surface area contributed by atoms with Gasteiger partial charge in [-0.15, -0.1) is 0 Å². The number of halogens is 1. The molecular weight excluding hydrogens is 286 g/mol. The summed E-state index contributed by atoms with van der Waals surface area (Å²) in [6.45, 7) is 4.01. The van der Waals surface area contributed by atoms with Gasteiger partial charge < -0.3 is 10.2 Å². The third-order valence-electron chi connectivity index (χ3n) is 3.54. The Hall–Kier alpha value is -1.88. The Kier molecular flexibility index (Phi) is 4.20. The molecule has 1 aromatic heterocycles.